The molecule has 1 aromatic heterocycles. The Morgan fingerprint density at radius 2 is 1.63 bits per heavy atom. The summed E-state index contributed by atoms with van der Waals surface area (Å²) in [5, 5.41) is 11.0. The van der Waals surface area contributed by atoms with Crippen molar-refractivity contribution in [2.75, 3.05) is 7.11 Å². The highest BCUT2D eigenvalue weighted by Crippen LogP contribution is 2.29. The highest BCUT2D eigenvalue weighted by molar-refractivity contribution is 5.70. The van der Waals surface area contributed by atoms with Crippen LogP contribution in [0.15, 0.2) is 71.9 Å². The minimum atomic E-state index is -0.503. The van der Waals surface area contributed by atoms with E-state index in [1.807, 2.05) is 31.2 Å². The number of nitro groups is 1. The quantitative estimate of drug-likeness (QED) is 0.337. The summed E-state index contributed by atoms with van der Waals surface area (Å²) < 4.78 is 6.21. The van der Waals surface area contributed by atoms with Crippen molar-refractivity contribution in [3.05, 3.63) is 104 Å². The second-order valence-corrected chi connectivity index (χ2v) is 6.92. The fourth-order valence-electron chi connectivity index (χ4n) is 3.30. The number of nitro benzene ring substituents is 1. The Hall–Kier alpha value is -3.81. The van der Waals surface area contributed by atoms with Gasteiger partial charge < -0.3 is 4.74 Å². The molecule has 2 aromatic carbocycles. The lowest BCUT2D eigenvalue weighted by molar-refractivity contribution is -0.384. The van der Waals surface area contributed by atoms with E-state index in [0.717, 1.165) is 11.1 Å². The lowest BCUT2D eigenvalue weighted by atomic mass is 9.93. The molecule has 8 heteroatoms. The zero-order valence-corrected chi connectivity index (χ0v) is 16.6. The minimum absolute atomic E-state index is 0.0227. The number of nitrogens with zero attached hydrogens (tertiary/aromatic N) is 3. The van der Waals surface area contributed by atoms with Crippen LogP contribution in [0.1, 0.15) is 42.0 Å². The number of rotatable bonds is 7. The van der Waals surface area contributed by atoms with E-state index in [1.165, 1.54) is 42.4 Å². The Balaban J connectivity index is 2.00. The largest absolute Gasteiger partial charge is 0.469 e. The van der Waals surface area contributed by atoms with Crippen LogP contribution in [0.25, 0.3) is 0 Å². The van der Waals surface area contributed by atoms with E-state index in [0.29, 0.717) is 5.56 Å². The summed E-state index contributed by atoms with van der Waals surface area (Å²) >= 11 is 0. The first-order valence-corrected chi connectivity index (χ1v) is 9.34. The molecule has 0 amide bonds. The molecule has 0 aliphatic heterocycles. The molecule has 0 saturated heterocycles. The average molecular weight is 407 g/mol. The maximum atomic E-state index is 12.5. The third-order valence-electron chi connectivity index (χ3n) is 4.97. The fourth-order valence-corrected chi connectivity index (χ4v) is 3.30. The van der Waals surface area contributed by atoms with Gasteiger partial charge in [0.25, 0.3) is 11.2 Å². The van der Waals surface area contributed by atoms with Gasteiger partial charge in [-0.3, -0.25) is 24.3 Å². The number of carbonyl (C=O) groups is 1. The predicted octanol–water partition coefficient (Wildman–Crippen LogP) is 3.46. The Kier molecular flexibility index (Phi) is 6.36. The predicted molar refractivity (Wildman–Crippen MR) is 110 cm³/mol. The van der Waals surface area contributed by atoms with Crippen molar-refractivity contribution in [2.45, 2.75) is 25.3 Å². The summed E-state index contributed by atoms with van der Waals surface area (Å²) in [5.41, 5.74) is 2.23. The molecule has 0 saturated carbocycles. The van der Waals surface area contributed by atoms with Gasteiger partial charge in [0.15, 0.2) is 0 Å². The van der Waals surface area contributed by atoms with E-state index in [-0.39, 0.29) is 29.6 Å². The summed E-state index contributed by atoms with van der Waals surface area (Å²) in [6, 6.07) is 14.5. The number of methoxy groups -OCH3 is 1. The normalized spacial score (nSPS) is 12.7. The third kappa shape index (κ3) is 4.60. The molecular weight excluding hydrogens is 386 g/mol. The van der Waals surface area contributed by atoms with Gasteiger partial charge in [-0.05, 0) is 34.7 Å². The number of esters is 1. The monoisotopic (exact) mass is 407 g/mol. The molecule has 0 fully saturated rings. The van der Waals surface area contributed by atoms with Crippen LogP contribution in [0.5, 0.6) is 0 Å². The molecule has 0 N–H and O–H groups in total. The zero-order chi connectivity index (χ0) is 21.7. The van der Waals surface area contributed by atoms with Crippen LogP contribution in [0, 0.1) is 10.1 Å². The molecule has 2 atom stereocenters. The van der Waals surface area contributed by atoms with Gasteiger partial charge in [0.05, 0.1) is 30.8 Å². The Labute approximate surface area is 172 Å². The molecule has 2 unspecified atom stereocenters. The van der Waals surface area contributed by atoms with E-state index < -0.39 is 11.0 Å². The van der Waals surface area contributed by atoms with Gasteiger partial charge >= 0.3 is 5.97 Å². The second kappa shape index (κ2) is 9.13. The molecule has 0 spiro atoms. The van der Waals surface area contributed by atoms with Crippen molar-refractivity contribution in [1.29, 1.82) is 0 Å². The molecule has 0 aliphatic rings. The van der Waals surface area contributed by atoms with Gasteiger partial charge in [0.2, 0.25) is 0 Å². The van der Waals surface area contributed by atoms with Crippen molar-refractivity contribution in [2.24, 2.45) is 0 Å². The maximum Gasteiger partial charge on any atom is 0.306 e. The van der Waals surface area contributed by atoms with E-state index in [9.17, 15) is 19.7 Å². The highest BCUT2D eigenvalue weighted by atomic mass is 16.6. The standard InChI is InChI=1S/C22H21N3O5/c1-15(13-21(27)30-2)16-3-5-17(6-4-16)22(24-14-23-12-11-20(24)26)18-7-9-19(10-8-18)25(28)29/h3-12,14-15,22H,13H2,1-2H3. The first kappa shape index (κ1) is 20.9. The van der Waals surface area contributed by atoms with Crippen molar-refractivity contribution in [3.8, 4) is 0 Å². The summed E-state index contributed by atoms with van der Waals surface area (Å²) in [5.74, 6) is -0.303. The Bertz CT molecular complexity index is 1090. The molecule has 1 heterocycles. The first-order valence-electron chi connectivity index (χ1n) is 9.34. The van der Waals surface area contributed by atoms with Crippen LogP contribution >= 0.6 is 0 Å². The lowest BCUT2D eigenvalue weighted by Crippen LogP contribution is -2.25. The van der Waals surface area contributed by atoms with Gasteiger partial charge in [-0.15, -0.1) is 0 Å². The molecule has 0 bridgehead atoms. The molecule has 3 aromatic rings. The lowest BCUT2D eigenvalue weighted by Gasteiger charge is -2.21. The smallest absolute Gasteiger partial charge is 0.306 e. The SMILES string of the molecule is COC(=O)CC(C)c1ccc(C(c2ccc([N+](=O)[O-])cc2)n2cnccc2=O)cc1. The Morgan fingerprint density at radius 3 is 2.17 bits per heavy atom. The molecular formula is C22H21N3O5. The van der Waals surface area contributed by atoms with E-state index in [2.05, 4.69) is 4.98 Å². The van der Waals surface area contributed by atoms with E-state index in [1.54, 1.807) is 12.1 Å². The van der Waals surface area contributed by atoms with Gasteiger partial charge in [-0.2, -0.15) is 0 Å². The van der Waals surface area contributed by atoms with Crippen LogP contribution < -0.4 is 5.56 Å². The van der Waals surface area contributed by atoms with Crippen LogP contribution in [0.4, 0.5) is 5.69 Å². The van der Waals surface area contributed by atoms with Crippen molar-refractivity contribution in [1.82, 2.24) is 9.55 Å². The van der Waals surface area contributed by atoms with E-state index >= 15 is 0 Å². The number of aromatic nitrogens is 2. The first-order chi connectivity index (χ1) is 14.4. The maximum absolute atomic E-state index is 12.5. The van der Waals surface area contributed by atoms with E-state index in [4.69, 9.17) is 4.74 Å². The molecule has 30 heavy (non-hydrogen) atoms. The van der Waals surface area contributed by atoms with Crippen LogP contribution in [0.3, 0.4) is 0 Å². The summed E-state index contributed by atoms with van der Waals surface area (Å²) in [4.78, 5) is 38.6. The molecule has 0 aliphatic carbocycles. The summed E-state index contributed by atoms with van der Waals surface area (Å²) in [6.07, 6.45) is 3.13. The van der Waals surface area contributed by atoms with Gasteiger partial charge in [-0.1, -0.05) is 31.2 Å². The number of ether oxygens (including phenoxy) is 1. The van der Waals surface area contributed by atoms with Crippen molar-refractivity contribution in [3.63, 3.8) is 0 Å². The molecule has 154 valence electrons. The highest BCUT2D eigenvalue weighted by Gasteiger charge is 2.20. The molecule has 0 radical (unpaired) electrons. The van der Waals surface area contributed by atoms with Crippen molar-refractivity contribution < 1.29 is 14.5 Å². The summed E-state index contributed by atoms with van der Waals surface area (Å²) in [7, 11) is 1.36. The number of hydrogen-bond acceptors (Lipinski definition) is 6. The number of non-ortho nitro benzene ring substituents is 1. The van der Waals surface area contributed by atoms with Gasteiger partial charge in [0, 0.05) is 24.4 Å². The van der Waals surface area contributed by atoms with Crippen LogP contribution in [0.2, 0.25) is 0 Å². The second-order valence-electron chi connectivity index (χ2n) is 6.92. The average Bonchev–Trinajstić information content (AvgIpc) is 2.76. The van der Waals surface area contributed by atoms with Crippen LogP contribution in [-0.2, 0) is 9.53 Å². The van der Waals surface area contributed by atoms with Crippen LogP contribution in [-0.4, -0.2) is 27.6 Å². The Morgan fingerprint density at radius 1 is 1.07 bits per heavy atom. The zero-order valence-electron chi connectivity index (χ0n) is 16.6. The third-order valence-corrected chi connectivity index (χ3v) is 4.97. The summed E-state index contributed by atoms with van der Waals surface area (Å²) in [6.45, 7) is 1.94. The topological polar surface area (TPSA) is 104 Å². The van der Waals surface area contributed by atoms with Gasteiger partial charge in [-0.25, -0.2) is 4.98 Å². The minimum Gasteiger partial charge on any atom is -0.469 e. The number of carbonyl (C=O) groups excluding carboxylic acids is 1. The molecule has 3 rings (SSSR count). The number of hydrogen-bond donors (Lipinski definition) is 0. The number of benzene rings is 2. The van der Waals surface area contributed by atoms with Gasteiger partial charge in [0.1, 0.15) is 0 Å². The van der Waals surface area contributed by atoms with Crippen molar-refractivity contribution >= 4 is 11.7 Å². The fraction of sp³-hybridized carbons (Fsp3) is 0.227. The molecule has 8 nitrogen and oxygen atoms in total.